The van der Waals surface area contributed by atoms with Crippen LogP contribution in [0.4, 0.5) is 0 Å². The summed E-state index contributed by atoms with van der Waals surface area (Å²) in [4.78, 5) is 37.2. The van der Waals surface area contributed by atoms with Gasteiger partial charge >= 0.3 is 0 Å². The van der Waals surface area contributed by atoms with Crippen molar-refractivity contribution in [2.45, 2.75) is 52.3 Å². The van der Waals surface area contributed by atoms with Crippen LogP contribution in [0.25, 0.3) is 21.5 Å². The van der Waals surface area contributed by atoms with Crippen molar-refractivity contribution in [2.75, 3.05) is 6.54 Å². The van der Waals surface area contributed by atoms with Gasteiger partial charge in [-0.3, -0.25) is 14.5 Å². The van der Waals surface area contributed by atoms with Crippen LogP contribution in [0, 0.1) is 30.1 Å². The van der Waals surface area contributed by atoms with Crippen LogP contribution in [0.15, 0.2) is 24.5 Å². The van der Waals surface area contributed by atoms with E-state index in [1.54, 1.807) is 6.33 Å². The van der Waals surface area contributed by atoms with E-state index in [4.69, 9.17) is 16.3 Å². The largest absolute Gasteiger partial charge is 0.488 e. The molecule has 0 spiro atoms. The van der Waals surface area contributed by atoms with Crippen LogP contribution in [0.5, 0.6) is 5.75 Å². The number of imide groups is 1. The van der Waals surface area contributed by atoms with Crippen molar-refractivity contribution in [1.82, 2.24) is 20.2 Å². The van der Waals surface area contributed by atoms with E-state index in [1.165, 1.54) is 16.2 Å². The smallest absolute Gasteiger partial charge is 0.234 e. The van der Waals surface area contributed by atoms with E-state index in [-0.39, 0.29) is 66.5 Å². The van der Waals surface area contributed by atoms with Gasteiger partial charge in [0.1, 0.15) is 18.2 Å². The lowest BCUT2D eigenvalue weighted by molar-refractivity contribution is -0.143. The number of hydrogen-bond acceptors (Lipinski definition) is 7. The summed E-state index contributed by atoms with van der Waals surface area (Å²) >= 11 is 8.02. The number of carbonyl (C=O) groups is 2. The molecule has 3 aromatic rings. The molecule has 38 heavy (non-hydrogen) atoms. The summed E-state index contributed by atoms with van der Waals surface area (Å²) in [5, 5.41) is 4.19. The second-order valence-corrected chi connectivity index (χ2v) is 12.9. The zero-order valence-electron chi connectivity index (χ0n) is 21.2. The van der Waals surface area contributed by atoms with Crippen LogP contribution in [0.1, 0.15) is 37.1 Å². The van der Waals surface area contributed by atoms with Crippen molar-refractivity contribution in [1.29, 1.82) is 0 Å². The van der Waals surface area contributed by atoms with Crippen molar-refractivity contribution in [3.63, 3.8) is 0 Å². The van der Waals surface area contributed by atoms with Crippen LogP contribution in [0.2, 0.25) is 5.02 Å². The van der Waals surface area contributed by atoms with Gasteiger partial charge in [-0.25, -0.2) is 9.97 Å². The molecule has 2 amide bonds. The van der Waals surface area contributed by atoms with E-state index in [2.05, 4.69) is 15.3 Å². The van der Waals surface area contributed by atoms with Gasteiger partial charge in [0, 0.05) is 21.5 Å². The molecule has 2 bridgehead atoms. The SMILES string of the molecule is Cc1cc(Cl)cc(-c2ncnc3cc(CN4C(=O)C5C(C4=O)C5(C)C)sc23)c1O[C@@H]1C[C@H]2CN[C@@H]1C2.Cl.Cl. The summed E-state index contributed by atoms with van der Waals surface area (Å²) in [6.07, 6.45) is 3.89. The molecule has 7 rings (SSSR count). The number of benzene rings is 1. The summed E-state index contributed by atoms with van der Waals surface area (Å²) < 4.78 is 7.53. The third kappa shape index (κ3) is 4.11. The number of aryl methyl sites for hydroxylation is 1. The number of likely N-dealkylation sites (tertiary alicyclic amines) is 1. The summed E-state index contributed by atoms with van der Waals surface area (Å²) in [5.74, 6) is 1.02. The van der Waals surface area contributed by atoms with E-state index in [1.807, 2.05) is 39.0 Å². The zero-order chi connectivity index (χ0) is 24.9. The lowest BCUT2D eigenvalue weighted by atomic mass is 10.0. The minimum atomic E-state index is -0.210. The van der Waals surface area contributed by atoms with Gasteiger partial charge in [0.15, 0.2) is 0 Å². The molecule has 5 atom stereocenters. The molecule has 2 aliphatic carbocycles. The van der Waals surface area contributed by atoms with E-state index in [0.717, 1.165) is 57.1 Å². The molecule has 7 nitrogen and oxygen atoms in total. The first-order valence-corrected chi connectivity index (χ1v) is 13.7. The Hall–Kier alpha value is -1.97. The molecular weight excluding hydrogens is 567 g/mol. The monoisotopic (exact) mass is 594 g/mol. The molecule has 0 radical (unpaired) electrons. The number of nitrogens with one attached hydrogen (secondary N) is 1. The van der Waals surface area contributed by atoms with Gasteiger partial charge in [0.05, 0.1) is 34.3 Å². The average molecular weight is 596 g/mol. The Bertz CT molecular complexity index is 1440. The first kappa shape index (κ1) is 27.6. The van der Waals surface area contributed by atoms with E-state index >= 15 is 0 Å². The number of carbonyl (C=O) groups excluding carboxylic acids is 2. The Morgan fingerprint density at radius 2 is 1.87 bits per heavy atom. The maximum absolute atomic E-state index is 12.9. The van der Waals surface area contributed by atoms with Crippen LogP contribution in [-0.2, 0) is 16.1 Å². The number of aromatic nitrogens is 2. The Labute approximate surface area is 242 Å². The molecule has 2 aliphatic heterocycles. The van der Waals surface area contributed by atoms with Gasteiger partial charge in [-0.2, -0.15) is 0 Å². The standard InChI is InChI=1S/C27H27ClN4O3S.2ClH/c1-12-4-14(28)7-16(23(12)35-19-6-13-5-17(19)29-9-13)22-24-18(30-11-31-22)8-15(36-24)10-32-25(33)20-21(26(32)34)27(20,2)3;;/h4,7-8,11,13,17,19-21,29H,5-6,9-10H2,1-3H3;2*1H/t13-,17+,19+,20?,21?;;/m0../s1. The lowest BCUT2D eigenvalue weighted by Gasteiger charge is -2.26. The Kier molecular flexibility index (Phi) is 6.97. The number of ether oxygens (including phenoxy) is 1. The third-order valence-electron chi connectivity index (χ3n) is 8.60. The number of halogens is 3. The molecular formula is C27H29Cl3N4O3S. The lowest BCUT2D eigenvalue weighted by Crippen LogP contribution is -2.40. The molecule has 1 aromatic carbocycles. The molecule has 2 saturated heterocycles. The molecule has 4 aliphatic rings. The number of thiophene rings is 1. The Morgan fingerprint density at radius 1 is 1.13 bits per heavy atom. The van der Waals surface area contributed by atoms with Crippen LogP contribution >= 0.6 is 47.8 Å². The van der Waals surface area contributed by atoms with Gasteiger partial charge in [0.2, 0.25) is 11.8 Å². The molecule has 2 saturated carbocycles. The second-order valence-electron chi connectivity index (χ2n) is 11.3. The predicted octanol–water partition coefficient (Wildman–Crippen LogP) is 5.43. The fourth-order valence-corrected chi connectivity index (χ4v) is 8.01. The van der Waals surface area contributed by atoms with Gasteiger partial charge in [-0.1, -0.05) is 25.4 Å². The first-order valence-electron chi connectivity index (χ1n) is 12.5. The second kappa shape index (κ2) is 9.59. The quantitative estimate of drug-likeness (QED) is 0.396. The maximum atomic E-state index is 12.9. The summed E-state index contributed by atoms with van der Waals surface area (Å²) in [7, 11) is 0. The molecule has 1 N–H and O–H groups in total. The van der Waals surface area contributed by atoms with Gasteiger partial charge in [-0.15, -0.1) is 36.2 Å². The topological polar surface area (TPSA) is 84.4 Å². The maximum Gasteiger partial charge on any atom is 0.234 e. The Balaban J connectivity index is 0.00000147. The Morgan fingerprint density at radius 3 is 2.53 bits per heavy atom. The normalized spacial score (nSPS) is 28.3. The average Bonchev–Trinajstić information content (AvgIpc) is 3.37. The van der Waals surface area contributed by atoms with Crippen LogP contribution < -0.4 is 10.1 Å². The van der Waals surface area contributed by atoms with Gasteiger partial charge < -0.3 is 10.1 Å². The molecule has 4 fully saturated rings. The summed E-state index contributed by atoms with van der Waals surface area (Å²) in [6, 6.07) is 6.17. The van der Waals surface area contributed by atoms with Crippen molar-refractivity contribution >= 4 is 69.8 Å². The van der Waals surface area contributed by atoms with E-state index in [9.17, 15) is 9.59 Å². The fraction of sp³-hybridized carbons (Fsp3) is 0.481. The van der Waals surface area contributed by atoms with Gasteiger partial charge in [-0.05, 0) is 61.4 Å². The van der Waals surface area contributed by atoms with E-state index in [0.29, 0.717) is 17.0 Å². The minimum Gasteiger partial charge on any atom is -0.488 e. The molecule has 11 heteroatoms. The van der Waals surface area contributed by atoms with Crippen LogP contribution in [0.3, 0.4) is 0 Å². The number of hydrogen-bond donors (Lipinski definition) is 1. The highest BCUT2D eigenvalue weighted by Crippen LogP contribution is 2.63. The fourth-order valence-electron chi connectivity index (χ4n) is 6.63. The highest BCUT2D eigenvalue weighted by molar-refractivity contribution is 7.19. The van der Waals surface area contributed by atoms with Crippen molar-refractivity contribution in [2.24, 2.45) is 23.2 Å². The molecule has 4 heterocycles. The summed E-state index contributed by atoms with van der Waals surface area (Å²) in [5.41, 5.74) is 3.16. The van der Waals surface area contributed by atoms with Crippen molar-refractivity contribution in [3.05, 3.63) is 40.0 Å². The molecule has 2 aromatic heterocycles. The number of fused-ring (bicyclic) bond motifs is 4. The number of amides is 2. The van der Waals surface area contributed by atoms with Gasteiger partial charge in [0.25, 0.3) is 0 Å². The van der Waals surface area contributed by atoms with E-state index < -0.39 is 0 Å². The van der Waals surface area contributed by atoms with Crippen molar-refractivity contribution in [3.8, 4) is 17.0 Å². The van der Waals surface area contributed by atoms with Crippen molar-refractivity contribution < 1.29 is 14.3 Å². The molecule has 202 valence electrons. The molecule has 2 unspecified atom stereocenters. The first-order chi connectivity index (χ1) is 17.2. The zero-order valence-corrected chi connectivity index (χ0v) is 24.4. The third-order valence-corrected chi connectivity index (χ3v) is 9.94. The number of piperidine rings is 2. The summed E-state index contributed by atoms with van der Waals surface area (Å²) in [6.45, 7) is 7.35. The predicted molar refractivity (Wildman–Crippen MR) is 152 cm³/mol. The highest BCUT2D eigenvalue weighted by atomic mass is 35.5. The van der Waals surface area contributed by atoms with Crippen LogP contribution in [-0.4, -0.2) is 45.4 Å². The number of nitrogens with zero attached hydrogens (tertiary/aromatic N) is 3. The minimum absolute atomic E-state index is 0. The number of rotatable bonds is 5. The highest BCUT2D eigenvalue weighted by Gasteiger charge is 2.72.